The summed E-state index contributed by atoms with van der Waals surface area (Å²) < 4.78 is 0. The fourth-order valence-corrected chi connectivity index (χ4v) is 6.17. The van der Waals surface area contributed by atoms with Gasteiger partial charge in [-0.3, -0.25) is 0 Å². The first-order valence-electron chi connectivity index (χ1n) is 9.34. The molecule has 3 aliphatic rings. The van der Waals surface area contributed by atoms with Crippen molar-refractivity contribution < 1.29 is 0 Å². The van der Waals surface area contributed by atoms with Gasteiger partial charge in [-0.2, -0.15) is 0 Å². The van der Waals surface area contributed by atoms with Crippen LogP contribution < -0.4 is 10.6 Å². The van der Waals surface area contributed by atoms with Gasteiger partial charge in [0.1, 0.15) is 0 Å². The third-order valence-electron chi connectivity index (χ3n) is 6.49. The van der Waals surface area contributed by atoms with Gasteiger partial charge in [0.05, 0.1) is 0 Å². The van der Waals surface area contributed by atoms with Gasteiger partial charge >= 0.3 is 0 Å². The lowest BCUT2D eigenvalue weighted by atomic mass is 9.46. The maximum atomic E-state index is 2.46. The van der Waals surface area contributed by atoms with Crippen molar-refractivity contribution in [2.75, 3.05) is 6.66 Å². The molecule has 128 valence electrons. The minimum Gasteiger partial charge on any atom is -0.0622 e. The Kier molecular flexibility index (Phi) is 5.46. The average molecular weight is 338 g/mol. The molecule has 2 unspecified atom stereocenters. The molecule has 2 bridgehead atoms. The van der Waals surface area contributed by atoms with Crippen LogP contribution in [0.4, 0.5) is 0 Å². The SMILES string of the molecule is CP(c1ccccc1)c1ccccc1.C[C@H]1CCC2CC1C2(C)C. The molecular formula is C23H31P. The first-order valence-corrected chi connectivity index (χ1v) is 11.1. The highest BCUT2D eigenvalue weighted by Crippen LogP contribution is 2.61. The van der Waals surface area contributed by atoms with Crippen molar-refractivity contribution in [3.8, 4) is 0 Å². The van der Waals surface area contributed by atoms with Crippen LogP contribution in [0.15, 0.2) is 60.7 Å². The highest BCUT2D eigenvalue weighted by Gasteiger charge is 2.52. The molecule has 24 heavy (non-hydrogen) atoms. The number of rotatable bonds is 2. The Morgan fingerprint density at radius 3 is 1.67 bits per heavy atom. The molecular weight excluding hydrogens is 307 g/mol. The van der Waals surface area contributed by atoms with Gasteiger partial charge in [0.2, 0.25) is 0 Å². The molecule has 3 atom stereocenters. The van der Waals surface area contributed by atoms with Gasteiger partial charge in [0, 0.05) is 0 Å². The van der Waals surface area contributed by atoms with Crippen LogP contribution in [0.1, 0.15) is 40.0 Å². The smallest absolute Gasteiger partial charge is 0.0198 e. The van der Waals surface area contributed by atoms with Crippen LogP contribution in [0, 0.1) is 23.2 Å². The molecule has 0 heterocycles. The summed E-state index contributed by atoms with van der Waals surface area (Å²) in [4.78, 5) is 0. The Bertz CT molecular complexity index is 590. The zero-order valence-corrected chi connectivity index (χ0v) is 16.5. The second kappa shape index (κ2) is 7.40. The van der Waals surface area contributed by atoms with Crippen LogP contribution in [0.2, 0.25) is 0 Å². The topological polar surface area (TPSA) is 0 Å². The van der Waals surface area contributed by atoms with Crippen molar-refractivity contribution in [1.82, 2.24) is 0 Å². The molecule has 3 fully saturated rings. The summed E-state index contributed by atoms with van der Waals surface area (Å²) in [5, 5.41) is 2.88. The molecule has 0 N–H and O–H groups in total. The third kappa shape index (κ3) is 3.60. The highest BCUT2D eigenvalue weighted by atomic mass is 31.1. The molecule has 0 amide bonds. The van der Waals surface area contributed by atoms with Crippen molar-refractivity contribution in [2.45, 2.75) is 40.0 Å². The van der Waals surface area contributed by atoms with Gasteiger partial charge in [-0.15, -0.1) is 0 Å². The first-order chi connectivity index (χ1) is 11.5. The minimum absolute atomic E-state index is 0.171. The van der Waals surface area contributed by atoms with Crippen molar-refractivity contribution in [3.63, 3.8) is 0 Å². The Hall–Kier alpha value is -1.13. The van der Waals surface area contributed by atoms with Gasteiger partial charge in [0.25, 0.3) is 0 Å². The van der Waals surface area contributed by atoms with E-state index in [2.05, 4.69) is 88.1 Å². The molecule has 1 heteroatoms. The summed E-state index contributed by atoms with van der Waals surface area (Å²) in [7, 11) is -0.171. The van der Waals surface area contributed by atoms with E-state index in [0.717, 1.165) is 17.8 Å². The Labute approximate surface area is 149 Å². The number of fused-ring (bicyclic) bond motifs is 2. The lowest BCUT2D eigenvalue weighted by Crippen LogP contribution is -2.51. The fourth-order valence-electron chi connectivity index (χ4n) is 4.63. The summed E-state index contributed by atoms with van der Waals surface area (Å²) in [6.07, 6.45) is 4.54. The number of benzene rings is 2. The lowest BCUT2D eigenvalue weighted by molar-refractivity contribution is -0.0988. The van der Waals surface area contributed by atoms with E-state index >= 15 is 0 Å². The standard InChI is InChI=1S/C13H13P.C10H18/c1-14(12-8-4-2-5-9-12)13-10-6-3-7-11-13;1-7-4-5-8-6-9(7)10(8,2)3/h2-11H,1H3;7-9H,4-6H2,1-3H3/t;7-,8?,9?/m.0/s1. The second-order valence-electron chi connectivity index (χ2n) is 8.15. The summed E-state index contributed by atoms with van der Waals surface area (Å²) in [6.45, 7) is 9.66. The number of hydrogen-bond donors (Lipinski definition) is 0. The van der Waals surface area contributed by atoms with Crippen molar-refractivity contribution in [1.29, 1.82) is 0 Å². The molecule has 5 rings (SSSR count). The molecule has 0 spiro atoms. The molecule has 3 saturated carbocycles. The van der Waals surface area contributed by atoms with Crippen molar-refractivity contribution in [2.24, 2.45) is 23.2 Å². The van der Waals surface area contributed by atoms with Crippen LogP contribution in [-0.2, 0) is 0 Å². The van der Waals surface area contributed by atoms with Crippen molar-refractivity contribution >= 4 is 18.5 Å². The van der Waals surface area contributed by atoms with Gasteiger partial charge in [-0.25, -0.2) is 0 Å². The van der Waals surface area contributed by atoms with Gasteiger partial charge in [-0.1, -0.05) is 87.9 Å². The Balaban J connectivity index is 0.000000149. The lowest BCUT2D eigenvalue weighted by Gasteiger charge is -2.59. The fraction of sp³-hybridized carbons (Fsp3) is 0.478. The summed E-state index contributed by atoms with van der Waals surface area (Å²) in [5.74, 6) is 3.15. The van der Waals surface area contributed by atoms with Crippen LogP contribution in [0.3, 0.4) is 0 Å². The van der Waals surface area contributed by atoms with Crippen LogP contribution in [0.5, 0.6) is 0 Å². The largest absolute Gasteiger partial charge is 0.0622 e. The van der Waals surface area contributed by atoms with E-state index in [1.165, 1.54) is 29.9 Å². The Morgan fingerprint density at radius 2 is 1.33 bits per heavy atom. The van der Waals surface area contributed by atoms with E-state index in [1.807, 2.05) is 0 Å². The van der Waals surface area contributed by atoms with E-state index in [1.54, 1.807) is 0 Å². The second-order valence-corrected chi connectivity index (χ2v) is 10.3. The number of hydrogen-bond acceptors (Lipinski definition) is 0. The van der Waals surface area contributed by atoms with Crippen molar-refractivity contribution in [3.05, 3.63) is 60.7 Å². The third-order valence-corrected chi connectivity index (χ3v) is 8.64. The monoisotopic (exact) mass is 338 g/mol. The van der Waals surface area contributed by atoms with Gasteiger partial charge in [0.15, 0.2) is 0 Å². The van der Waals surface area contributed by atoms with E-state index in [-0.39, 0.29) is 7.92 Å². The molecule has 0 saturated heterocycles. The molecule has 0 aliphatic heterocycles. The maximum Gasteiger partial charge on any atom is -0.0198 e. The first kappa shape index (κ1) is 17.7. The molecule has 3 aliphatic carbocycles. The summed E-state index contributed by atoms with van der Waals surface area (Å²) in [5.41, 5.74) is 0.706. The maximum absolute atomic E-state index is 2.46. The van der Waals surface area contributed by atoms with E-state index in [9.17, 15) is 0 Å². The van der Waals surface area contributed by atoms with E-state index < -0.39 is 0 Å². The van der Waals surface area contributed by atoms with Gasteiger partial charge in [-0.05, 0) is 61.2 Å². The predicted molar refractivity (Wildman–Crippen MR) is 109 cm³/mol. The highest BCUT2D eigenvalue weighted by molar-refractivity contribution is 7.72. The predicted octanol–water partition coefficient (Wildman–Crippen LogP) is 5.83. The molecule has 2 aromatic rings. The zero-order valence-electron chi connectivity index (χ0n) is 15.6. The minimum atomic E-state index is -0.171. The van der Waals surface area contributed by atoms with Crippen LogP contribution in [-0.4, -0.2) is 6.66 Å². The Morgan fingerprint density at radius 1 is 0.833 bits per heavy atom. The molecule has 2 aromatic carbocycles. The normalized spacial score (nSPS) is 27.0. The van der Waals surface area contributed by atoms with Crippen LogP contribution in [0.25, 0.3) is 0 Å². The summed E-state index contributed by atoms with van der Waals surface area (Å²) >= 11 is 0. The quantitative estimate of drug-likeness (QED) is 0.605. The summed E-state index contributed by atoms with van der Waals surface area (Å²) in [6, 6.07) is 21.4. The molecule has 0 nitrogen and oxygen atoms in total. The average Bonchev–Trinajstić information content (AvgIpc) is 2.63. The molecule has 0 radical (unpaired) electrons. The zero-order chi connectivity index (χ0) is 17.2. The molecule has 0 aromatic heterocycles. The van der Waals surface area contributed by atoms with Crippen LogP contribution >= 0.6 is 7.92 Å². The van der Waals surface area contributed by atoms with Gasteiger partial charge < -0.3 is 0 Å². The van der Waals surface area contributed by atoms with E-state index in [4.69, 9.17) is 0 Å². The van der Waals surface area contributed by atoms with E-state index in [0.29, 0.717) is 5.41 Å².